The molecule has 5 nitrogen and oxygen atoms in total. The first-order valence-corrected chi connectivity index (χ1v) is 7.40. The molecule has 0 N–H and O–H groups in total. The fraction of sp³-hybridized carbons (Fsp3) is 0.176. The molecule has 6 heteroatoms. The number of oxime groups is 1. The van der Waals surface area contributed by atoms with E-state index in [1.54, 1.807) is 37.4 Å². The van der Waals surface area contributed by atoms with E-state index < -0.39 is 5.97 Å². The highest BCUT2D eigenvalue weighted by molar-refractivity contribution is 6.30. The van der Waals surface area contributed by atoms with Crippen LogP contribution in [0.1, 0.15) is 22.3 Å². The number of carbonyl (C=O) groups is 1. The molecule has 2 aromatic rings. The van der Waals surface area contributed by atoms with Gasteiger partial charge in [-0.3, -0.25) is 0 Å². The summed E-state index contributed by atoms with van der Waals surface area (Å²) in [5, 5.41) is 4.55. The van der Waals surface area contributed by atoms with Crippen molar-refractivity contribution in [3.05, 3.63) is 58.6 Å². The number of fused-ring (bicyclic) bond motifs is 1. The van der Waals surface area contributed by atoms with Crippen LogP contribution in [0.5, 0.6) is 11.5 Å². The predicted octanol–water partition coefficient (Wildman–Crippen LogP) is 3.69. The zero-order valence-electron chi connectivity index (χ0n) is 12.4. The molecule has 1 aliphatic rings. The Balaban J connectivity index is 1.79. The molecule has 0 radical (unpaired) electrons. The molecular weight excluding hydrogens is 318 g/mol. The maximum atomic E-state index is 12.0. The van der Waals surface area contributed by atoms with Gasteiger partial charge in [0.15, 0.2) is 0 Å². The van der Waals surface area contributed by atoms with Crippen LogP contribution in [0, 0.1) is 0 Å². The van der Waals surface area contributed by atoms with Crippen molar-refractivity contribution in [2.24, 2.45) is 5.16 Å². The topological polar surface area (TPSA) is 57.1 Å². The lowest BCUT2D eigenvalue weighted by Crippen LogP contribution is -2.17. The molecule has 0 saturated heterocycles. The molecule has 1 heterocycles. The van der Waals surface area contributed by atoms with Crippen LogP contribution in [0.25, 0.3) is 0 Å². The normalized spacial score (nSPS) is 14.8. The van der Waals surface area contributed by atoms with Gasteiger partial charge in [0, 0.05) is 23.1 Å². The van der Waals surface area contributed by atoms with E-state index in [4.69, 9.17) is 25.9 Å². The van der Waals surface area contributed by atoms with Crippen LogP contribution in [0.4, 0.5) is 0 Å². The van der Waals surface area contributed by atoms with Gasteiger partial charge in [0.2, 0.25) is 0 Å². The van der Waals surface area contributed by atoms with Gasteiger partial charge in [0.05, 0.1) is 25.0 Å². The Labute approximate surface area is 138 Å². The van der Waals surface area contributed by atoms with E-state index in [0.717, 1.165) is 5.56 Å². The molecule has 0 atom stereocenters. The van der Waals surface area contributed by atoms with Gasteiger partial charge < -0.3 is 14.3 Å². The summed E-state index contributed by atoms with van der Waals surface area (Å²) in [5.74, 6) is 0.829. The third-order valence-corrected chi connectivity index (χ3v) is 3.67. The molecule has 0 aromatic heterocycles. The van der Waals surface area contributed by atoms with E-state index in [-0.39, 0.29) is 0 Å². The first-order chi connectivity index (χ1) is 11.2. The Kier molecular flexibility index (Phi) is 4.48. The number of halogens is 1. The number of rotatable bonds is 3. The van der Waals surface area contributed by atoms with Crippen molar-refractivity contribution in [3.63, 3.8) is 0 Å². The molecule has 3 rings (SSSR count). The van der Waals surface area contributed by atoms with Gasteiger partial charge >= 0.3 is 5.97 Å². The van der Waals surface area contributed by atoms with Crippen molar-refractivity contribution < 1.29 is 19.1 Å². The van der Waals surface area contributed by atoms with Gasteiger partial charge in [-0.05, 0) is 36.4 Å². The summed E-state index contributed by atoms with van der Waals surface area (Å²) in [6, 6.07) is 11.9. The minimum Gasteiger partial charge on any atom is -0.497 e. The summed E-state index contributed by atoms with van der Waals surface area (Å²) >= 11 is 5.79. The van der Waals surface area contributed by atoms with Crippen LogP contribution in [0.2, 0.25) is 5.02 Å². The Hall–Kier alpha value is -2.53. The zero-order chi connectivity index (χ0) is 16.2. The summed E-state index contributed by atoms with van der Waals surface area (Å²) in [6.45, 7) is 0.470. The van der Waals surface area contributed by atoms with Crippen LogP contribution in [0.3, 0.4) is 0 Å². The van der Waals surface area contributed by atoms with E-state index in [0.29, 0.717) is 40.8 Å². The number of hydrogen-bond acceptors (Lipinski definition) is 5. The predicted molar refractivity (Wildman–Crippen MR) is 86.5 cm³/mol. The summed E-state index contributed by atoms with van der Waals surface area (Å²) in [7, 11) is 1.59. The van der Waals surface area contributed by atoms with Crippen LogP contribution in [-0.4, -0.2) is 25.4 Å². The Bertz CT molecular complexity index is 756. The molecule has 0 amide bonds. The zero-order valence-corrected chi connectivity index (χ0v) is 13.2. The highest BCUT2D eigenvalue weighted by Crippen LogP contribution is 2.29. The fourth-order valence-corrected chi connectivity index (χ4v) is 2.34. The number of carbonyl (C=O) groups excluding carboxylic acids is 1. The number of hydrogen-bond donors (Lipinski definition) is 0. The quantitative estimate of drug-likeness (QED) is 0.635. The van der Waals surface area contributed by atoms with Crippen LogP contribution >= 0.6 is 11.6 Å². The molecular formula is C17H14ClNO4. The summed E-state index contributed by atoms with van der Waals surface area (Å²) in [6.07, 6.45) is 0.563. The minimum absolute atomic E-state index is 0.390. The van der Waals surface area contributed by atoms with E-state index >= 15 is 0 Å². The first kappa shape index (κ1) is 15.4. The monoisotopic (exact) mass is 331 g/mol. The summed E-state index contributed by atoms with van der Waals surface area (Å²) in [5.41, 5.74) is 1.85. The Morgan fingerprint density at radius 2 is 2.00 bits per heavy atom. The molecule has 0 fully saturated rings. The molecule has 0 spiro atoms. The number of ether oxygens (including phenoxy) is 2. The smallest absolute Gasteiger partial charge is 0.365 e. The molecule has 0 saturated carbocycles. The molecule has 0 bridgehead atoms. The number of benzene rings is 2. The lowest BCUT2D eigenvalue weighted by Gasteiger charge is -2.19. The van der Waals surface area contributed by atoms with Crippen molar-refractivity contribution in [3.8, 4) is 11.5 Å². The molecule has 118 valence electrons. The van der Waals surface area contributed by atoms with Crippen molar-refractivity contribution >= 4 is 23.3 Å². The molecule has 0 aliphatic carbocycles. The Morgan fingerprint density at radius 1 is 1.22 bits per heavy atom. The van der Waals surface area contributed by atoms with E-state index in [9.17, 15) is 4.79 Å². The molecule has 0 unspecified atom stereocenters. The summed E-state index contributed by atoms with van der Waals surface area (Å²) < 4.78 is 10.7. The Morgan fingerprint density at radius 3 is 2.74 bits per heavy atom. The lowest BCUT2D eigenvalue weighted by atomic mass is 10.0. The van der Waals surface area contributed by atoms with Gasteiger partial charge in [-0.15, -0.1) is 0 Å². The SMILES string of the molecule is COc1ccc2c(c1)OCC/C2=N/OC(=O)c1ccc(Cl)cc1. The fourth-order valence-electron chi connectivity index (χ4n) is 2.21. The maximum absolute atomic E-state index is 12.0. The number of nitrogens with zero attached hydrogens (tertiary/aromatic N) is 1. The van der Waals surface area contributed by atoms with Gasteiger partial charge in [-0.1, -0.05) is 16.8 Å². The van der Waals surface area contributed by atoms with Gasteiger partial charge in [0.1, 0.15) is 11.5 Å². The lowest BCUT2D eigenvalue weighted by molar-refractivity contribution is 0.0514. The molecule has 23 heavy (non-hydrogen) atoms. The standard InChI is InChI=1S/C17H14ClNO4/c1-21-13-6-7-14-15(8-9-22-16(14)10-13)19-23-17(20)11-2-4-12(18)5-3-11/h2-7,10H,8-9H2,1H3/b19-15-. The van der Waals surface area contributed by atoms with Crippen molar-refractivity contribution in [1.29, 1.82) is 0 Å². The second-order valence-electron chi connectivity index (χ2n) is 4.88. The minimum atomic E-state index is -0.532. The second kappa shape index (κ2) is 6.71. The van der Waals surface area contributed by atoms with Gasteiger partial charge in [-0.2, -0.15) is 0 Å². The van der Waals surface area contributed by atoms with Crippen molar-refractivity contribution in [1.82, 2.24) is 0 Å². The second-order valence-corrected chi connectivity index (χ2v) is 5.32. The third-order valence-electron chi connectivity index (χ3n) is 3.41. The first-order valence-electron chi connectivity index (χ1n) is 7.02. The van der Waals surface area contributed by atoms with E-state index in [2.05, 4.69) is 5.16 Å². The van der Waals surface area contributed by atoms with Gasteiger partial charge in [0.25, 0.3) is 0 Å². The highest BCUT2D eigenvalue weighted by Gasteiger charge is 2.19. The van der Waals surface area contributed by atoms with E-state index in [1.807, 2.05) is 12.1 Å². The van der Waals surface area contributed by atoms with Crippen molar-refractivity contribution in [2.45, 2.75) is 6.42 Å². The van der Waals surface area contributed by atoms with Crippen LogP contribution in [-0.2, 0) is 4.84 Å². The van der Waals surface area contributed by atoms with Crippen LogP contribution < -0.4 is 9.47 Å². The van der Waals surface area contributed by atoms with Crippen molar-refractivity contribution in [2.75, 3.05) is 13.7 Å². The number of methoxy groups -OCH3 is 1. The maximum Gasteiger partial charge on any atom is 0.365 e. The van der Waals surface area contributed by atoms with E-state index in [1.165, 1.54) is 0 Å². The van der Waals surface area contributed by atoms with Gasteiger partial charge in [-0.25, -0.2) is 4.79 Å². The largest absolute Gasteiger partial charge is 0.497 e. The highest BCUT2D eigenvalue weighted by atomic mass is 35.5. The third kappa shape index (κ3) is 3.46. The van der Waals surface area contributed by atoms with Crippen LogP contribution in [0.15, 0.2) is 47.6 Å². The molecule has 1 aliphatic heterocycles. The average Bonchev–Trinajstić information content (AvgIpc) is 2.59. The average molecular weight is 332 g/mol. The summed E-state index contributed by atoms with van der Waals surface area (Å²) in [4.78, 5) is 17.0. The molecule has 2 aromatic carbocycles.